The average molecular weight is 289 g/mol. The summed E-state index contributed by atoms with van der Waals surface area (Å²) < 4.78 is 2.70. The van der Waals surface area contributed by atoms with E-state index in [2.05, 4.69) is 32.4 Å². The molecule has 3 rings (SSSR count). The summed E-state index contributed by atoms with van der Waals surface area (Å²) >= 11 is 3.43. The Morgan fingerprint density at radius 1 is 1.41 bits per heavy atom. The summed E-state index contributed by atoms with van der Waals surface area (Å²) in [7, 11) is 0. The van der Waals surface area contributed by atoms with Gasteiger partial charge in [0, 0.05) is 23.1 Å². The molecule has 84 valence electrons. The summed E-state index contributed by atoms with van der Waals surface area (Å²) in [5.41, 5.74) is 3.53. The Labute approximate surface area is 107 Å². The Morgan fingerprint density at radius 3 is 3.06 bits per heavy atom. The minimum atomic E-state index is 0.628. The molecule has 0 unspecified atom stereocenters. The van der Waals surface area contributed by atoms with E-state index in [1.54, 1.807) is 4.68 Å². The molecule has 1 N–H and O–H groups in total. The zero-order chi connectivity index (χ0) is 11.8. The SMILES string of the molecule is N#Cc1c2c(nn1-c1cccc(Br)c1)CNC2. The maximum Gasteiger partial charge on any atom is 0.149 e. The van der Waals surface area contributed by atoms with Gasteiger partial charge in [-0.3, -0.25) is 0 Å². The lowest BCUT2D eigenvalue weighted by Crippen LogP contribution is -2.07. The van der Waals surface area contributed by atoms with Crippen LogP contribution in [0, 0.1) is 11.3 Å². The summed E-state index contributed by atoms with van der Waals surface area (Å²) in [5, 5.41) is 16.9. The van der Waals surface area contributed by atoms with Crippen molar-refractivity contribution >= 4 is 15.9 Å². The third kappa shape index (κ3) is 1.66. The van der Waals surface area contributed by atoms with Crippen LogP contribution in [0.4, 0.5) is 0 Å². The van der Waals surface area contributed by atoms with Gasteiger partial charge in [0.2, 0.25) is 0 Å². The highest BCUT2D eigenvalue weighted by Crippen LogP contribution is 2.23. The monoisotopic (exact) mass is 288 g/mol. The number of benzene rings is 1. The van der Waals surface area contributed by atoms with Crippen LogP contribution in [-0.4, -0.2) is 9.78 Å². The van der Waals surface area contributed by atoms with Crippen molar-refractivity contribution in [2.24, 2.45) is 0 Å². The number of aromatic nitrogens is 2. The van der Waals surface area contributed by atoms with E-state index in [9.17, 15) is 5.26 Å². The quantitative estimate of drug-likeness (QED) is 0.874. The lowest BCUT2D eigenvalue weighted by Gasteiger charge is -2.04. The molecular formula is C12H9BrN4. The largest absolute Gasteiger partial charge is 0.307 e. The molecular weight excluding hydrogens is 280 g/mol. The van der Waals surface area contributed by atoms with Gasteiger partial charge in [-0.15, -0.1) is 0 Å². The van der Waals surface area contributed by atoms with E-state index >= 15 is 0 Å². The van der Waals surface area contributed by atoms with Crippen LogP contribution in [0.15, 0.2) is 28.7 Å². The van der Waals surface area contributed by atoms with Crippen LogP contribution in [0.3, 0.4) is 0 Å². The minimum absolute atomic E-state index is 0.628. The molecule has 0 atom stereocenters. The Morgan fingerprint density at radius 2 is 2.29 bits per heavy atom. The van der Waals surface area contributed by atoms with Crippen LogP contribution in [0.2, 0.25) is 0 Å². The van der Waals surface area contributed by atoms with E-state index in [1.165, 1.54) is 0 Å². The molecule has 5 heteroatoms. The predicted molar refractivity (Wildman–Crippen MR) is 66.5 cm³/mol. The van der Waals surface area contributed by atoms with Crippen LogP contribution in [0.25, 0.3) is 5.69 Å². The maximum absolute atomic E-state index is 9.25. The van der Waals surface area contributed by atoms with Gasteiger partial charge in [-0.2, -0.15) is 10.4 Å². The molecule has 0 radical (unpaired) electrons. The number of nitriles is 1. The fraction of sp³-hybridized carbons (Fsp3) is 0.167. The van der Waals surface area contributed by atoms with Gasteiger partial charge >= 0.3 is 0 Å². The molecule has 0 aliphatic carbocycles. The summed E-state index contributed by atoms with van der Waals surface area (Å²) in [5.74, 6) is 0. The molecule has 0 bridgehead atoms. The number of hydrogen-bond donors (Lipinski definition) is 1. The Bertz CT molecular complexity index is 624. The van der Waals surface area contributed by atoms with Crippen molar-refractivity contribution in [1.29, 1.82) is 5.26 Å². The number of halogens is 1. The van der Waals surface area contributed by atoms with Crippen LogP contribution < -0.4 is 5.32 Å². The van der Waals surface area contributed by atoms with E-state index < -0.39 is 0 Å². The molecule has 1 aromatic carbocycles. The van der Waals surface area contributed by atoms with Crippen molar-refractivity contribution in [3.05, 3.63) is 45.7 Å². The first-order valence-electron chi connectivity index (χ1n) is 5.27. The maximum atomic E-state index is 9.25. The summed E-state index contributed by atoms with van der Waals surface area (Å²) in [4.78, 5) is 0. The number of hydrogen-bond acceptors (Lipinski definition) is 3. The Balaban J connectivity index is 2.19. The van der Waals surface area contributed by atoms with E-state index in [0.29, 0.717) is 5.69 Å². The summed E-state index contributed by atoms with van der Waals surface area (Å²) in [6.07, 6.45) is 0. The second-order valence-corrected chi connectivity index (χ2v) is 4.80. The van der Waals surface area contributed by atoms with Gasteiger partial charge in [-0.1, -0.05) is 22.0 Å². The van der Waals surface area contributed by atoms with Crippen LogP contribution in [0.1, 0.15) is 17.0 Å². The highest BCUT2D eigenvalue weighted by Gasteiger charge is 2.22. The first kappa shape index (κ1) is 10.5. The predicted octanol–water partition coefficient (Wildman–Crippen LogP) is 2.11. The molecule has 0 fully saturated rings. The minimum Gasteiger partial charge on any atom is -0.307 e. The third-order valence-corrected chi connectivity index (χ3v) is 3.31. The van der Waals surface area contributed by atoms with Gasteiger partial charge in [0.05, 0.1) is 11.4 Å². The number of nitrogens with one attached hydrogen (secondary N) is 1. The zero-order valence-electron chi connectivity index (χ0n) is 8.94. The Kier molecular flexibility index (Phi) is 2.46. The molecule has 1 aliphatic rings. The van der Waals surface area contributed by atoms with Crippen molar-refractivity contribution in [2.75, 3.05) is 0 Å². The van der Waals surface area contributed by atoms with Crippen molar-refractivity contribution in [2.45, 2.75) is 13.1 Å². The van der Waals surface area contributed by atoms with Gasteiger partial charge < -0.3 is 5.32 Å². The third-order valence-electron chi connectivity index (χ3n) is 2.82. The number of rotatable bonds is 1. The fourth-order valence-electron chi connectivity index (χ4n) is 2.04. The normalized spacial score (nSPS) is 13.4. The Hall–Kier alpha value is -1.64. The lowest BCUT2D eigenvalue weighted by atomic mass is 10.2. The van der Waals surface area contributed by atoms with Crippen LogP contribution in [-0.2, 0) is 13.1 Å². The molecule has 0 saturated carbocycles. The molecule has 0 amide bonds. The van der Waals surface area contributed by atoms with Gasteiger partial charge in [0.15, 0.2) is 0 Å². The van der Waals surface area contributed by atoms with E-state index in [0.717, 1.165) is 34.5 Å². The van der Waals surface area contributed by atoms with Gasteiger partial charge in [0.1, 0.15) is 11.8 Å². The molecule has 17 heavy (non-hydrogen) atoms. The van der Waals surface area contributed by atoms with Crippen LogP contribution in [0.5, 0.6) is 0 Å². The zero-order valence-corrected chi connectivity index (χ0v) is 10.5. The molecule has 1 aromatic heterocycles. The number of nitrogens with zero attached hydrogens (tertiary/aromatic N) is 3. The first-order chi connectivity index (χ1) is 8.29. The topological polar surface area (TPSA) is 53.6 Å². The van der Waals surface area contributed by atoms with Gasteiger partial charge in [0.25, 0.3) is 0 Å². The van der Waals surface area contributed by atoms with Crippen molar-refractivity contribution in [1.82, 2.24) is 15.1 Å². The van der Waals surface area contributed by atoms with Gasteiger partial charge in [-0.25, -0.2) is 4.68 Å². The van der Waals surface area contributed by atoms with Gasteiger partial charge in [-0.05, 0) is 18.2 Å². The lowest BCUT2D eigenvalue weighted by molar-refractivity contribution is 0.717. The van der Waals surface area contributed by atoms with Crippen molar-refractivity contribution < 1.29 is 0 Å². The molecule has 0 spiro atoms. The smallest absolute Gasteiger partial charge is 0.149 e. The highest BCUT2D eigenvalue weighted by atomic mass is 79.9. The van der Waals surface area contributed by atoms with E-state index in [1.807, 2.05) is 24.3 Å². The summed E-state index contributed by atoms with van der Waals surface area (Å²) in [6.45, 7) is 1.47. The molecule has 4 nitrogen and oxygen atoms in total. The molecule has 2 aromatic rings. The number of fused-ring (bicyclic) bond motifs is 1. The highest BCUT2D eigenvalue weighted by molar-refractivity contribution is 9.10. The molecule has 2 heterocycles. The second-order valence-electron chi connectivity index (χ2n) is 3.88. The van der Waals surface area contributed by atoms with E-state index in [4.69, 9.17) is 0 Å². The molecule has 0 saturated heterocycles. The second kappa shape index (κ2) is 3.99. The molecule has 1 aliphatic heterocycles. The van der Waals surface area contributed by atoms with Crippen molar-refractivity contribution in [3.63, 3.8) is 0 Å². The van der Waals surface area contributed by atoms with Crippen LogP contribution >= 0.6 is 15.9 Å². The van der Waals surface area contributed by atoms with Crippen molar-refractivity contribution in [3.8, 4) is 11.8 Å². The standard InChI is InChI=1S/C12H9BrN4/c13-8-2-1-3-9(4-8)17-12(5-14)10-6-15-7-11(10)16-17/h1-4,15H,6-7H2. The first-order valence-corrected chi connectivity index (χ1v) is 6.06. The van der Waals surface area contributed by atoms with E-state index in [-0.39, 0.29) is 0 Å². The fourth-order valence-corrected chi connectivity index (χ4v) is 2.43. The average Bonchev–Trinajstić information content (AvgIpc) is 2.88. The summed E-state index contributed by atoms with van der Waals surface area (Å²) in [6, 6.07) is 10.0.